The van der Waals surface area contributed by atoms with Crippen LogP contribution in [0, 0.1) is 38.5 Å². The molecule has 0 unspecified atom stereocenters. The van der Waals surface area contributed by atoms with E-state index in [1.807, 2.05) is 0 Å². The number of rotatable bonds is 19. The molecular weight excluding hydrogens is 663 g/mol. The second-order valence-corrected chi connectivity index (χ2v) is 12.1. The van der Waals surface area contributed by atoms with Crippen molar-refractivity contribution in [3.05, 3.63) is 103 Å². The van der Waals surface area contributed by atoms with Gasteiger partial charge in [0.2, 0.25) is 11.4 Å². The van der Waals surface area contributed by atoms with Crippen LogP contribution in [0.3, 0.4) is 0 Å². The molecule has 0 fully saturated rings. The molecule has 2 aromatic rings. The molecule has 2 nitrogen and oxygen atoms in total. The van der Waals surface area contributed by atoms with Gasteiger partial charge in [-0.3, -0.25) is 0 Å². The van der Waals surface area contributed by atoms with E-state index in [4.69, 9.17) is 0 Å². The predicted octanol–water partition coefficient (Wildman–Crippen LogP) is 13.2. The normalized spacial score (nSPS) is 11.7. The molecule has 0 amide bonds. The van der Waals surface area contributed by atoms with Crippen molar-refractivity contribution in [2.75, 3.05) is 0 Å². The van der Waals surface area contributed by atoms with Crippen molar-refractivity contribution in [1.29, 1.82) is 0 Å². The maximum atomic E-state index is 11.7. The molecule has 0 spiro atoms. The average molecular weight is 725 g/mol. The molecule has 3 rings (SSSR count). The predicted molar refractivity (Wildman–Crippen MR) is 203 cm³/mol. The van der Waals surface area contributed by atoms with Gasteiger partial charge in [0.25, 0.3) is 0 Å². The number of hydrogen-bond donors (Lipinski definition) is 0. The van der Waals surface area contributed by atoms with Crippen LogP contribution < -0.4 is 0 Å². The fourth-order valence-electron chi connectivity index (χ4n) is 5.98. The molecule has 47 heavy (non-hydrogen) atoms. The van der Waals surface area contributed by atoms with Gasteiger partial charge in [0.15, 0.2) is 0 Å². The van der Waals surface area contributed by atoms with Gasteiger partial charge in [-0.15, -0.1) is 23.7 Å². The monoisotopic (exact) mass is 724 g/mol. The van der Waals surface area contributed by atoms with Crippen molar-refractivity contribution < 1.29 is 25.1 Å². The zero-order chi connectivity index (χ0) is 31.2. The quantitative estimate of drug-likeness (QED) is 0.0453. The molecule has 3 heteroatoms. The Morgan fingerprint density at radius 1 is 0.553 bits per heavy atom. The van der Waals surface area contributed by atoms with Crippen molar-refractivity contribution in [2.45, 2.75) is 143 Å². The molecule has 1 aliphatic rings. The molecule has 258 valence electrons. The number of allylic oxidation sites excluding steroid dienone is 2. The Labute approximate surface area is 304 Å². The van der Waals surface area contributed by atoms with Gasteiger partial charge in [-0.05, 0) is 68.2 Å². The minimum absolute atomic E-state index is 0. The molecule has 0 saturated carbocycles. The maximum absolute atomic E-state index is 11.7. The Kier molecular flexibility index (Phi) is 25.7. The second-order valence-electron chi connectivity index (χ2n) is 12.1. The number of unbranched alkanes of at least 4 members (excludes halogenated alkanes) is 12. The van der Waals surface area contributed by atoms with Crippen LogP contribution in [0.5, 0.6) is 0 Å². The van der Waals surface area contributed by atoms with E-state index in [1.54, 1.807) is 0 Å². The van der Waals surface area contributed by atoms with E-state index in [9.17, 15) is 5.53 Å². The third kappa shape index (κ3) is 15.4. The van der Waals surface area contributed by atoms with Crippen molar-refractivity contribution in [2.24, 2.45) is 0 Å². The van der Waals surface area contributed by atoms with Gasteiger partial charge >= 0.3 is 20.4 Å². The van der Waals surface area contributed by atoms with Crippen LogP contribution in [-0.4, -0.2) is 4.70 Å². The molecule has 0 aromatic heterocycles. The average Bonchev–Trinajstić information content (AvgIpc) is 3.38. The minimum Gasteiger partial charge on any atom is -0.493 e. The van der Waals surface area contributed by atoms with Crippen LogP contribution in [0.1, 0.15) is 152 Å². The molecule has 2 aromatic carbocycles. The Morgan fingerprint density at radius 3 is 1.47 bits per heavy atom. The third-order valence-electron chi connectivity index (χ3n) is 8.56. The fraction of sp³-hybridized carbons (Fsp3) is 0.500. The summed E-state index contributed by atoms with van der Waals surface area (Å²) in [4.78, 5) is 0. The molecule has 0 atom stereocenters. The smallest absolute Gasteiger partial charge is 0.493 e. The van der Waals surface area contributed by atoms with Gasteiger partial charge in [-0.1, -0.05) is 109 Å². The summed E-state index contributed by atoms with van der Waals surface area (Å²) < 4.78 is 1.45. The summed E-state index contributed by atoms with van der Waals surface area (Å²) in [5.74, 6) is 13.6. The van der Waals surface area contributed by atoms with E-state index < -0.39 is 0 Å². The fourth-order valence-corrected chi connectivity index (χ4v) is 5.98. The van der Waals surface area contributed by atoms with Gasteiger partial charge in [-0.25, -0.2) is 4.70 Å². The van der Waals surface area contributed by atoms with Crippen LogP contribution in [0.25, 0.3) is 16.9 Å². The summed E-state index contributed by atoms with van der Waals surface area (Å²) in [6.45, 7) is 6.69. The van der Waals surface area contributed by atoms with Crippen LogP contribution in [0.4, 0.5) is 0 Å². The Hall–Kier alpha value is -2.70. The Bertz CT molecular complexity index is 1360. The molecule has 0 aliphatic carbocycles. The van der Waals surface area contributed by atoms with Gasteiger partial charge in [0.05, 0.1) is 0 Å². The topological polar surface area (TPSA) is 25.3 Å². The van der Waals surface area contributed by atoms with Gasteiger partial charge in [0, 0.05) is 48.5 Å². The first kappa shape index (κ1) is 44.3. The molecular formula is C44H62N2Pd. The summed E-state index contributed by atoms with van der Waals surface area (Å²) in [5, 5.41) is 0. The summed E-state index contributed by atoms with van der Waals surface area (Å²) in [5.41, 5.74) is 19.4. The van der Waals surface area contributed by atoms with Crippen molar-refractivity contribution in [3.63, 3.8) is 0 Å². The van der Waals surface area contributed by atoms with Crippen LogP contribution in [0.15, 0.2) is 60.2 Å². The SMILES string of the molecule is CCCCCCCC#CCCCc1ccccc1C1=CC(CC)=C(c2ccccc2CCCC#CCCCCCCC)[N+]1=[N-].[CH3-].[CH3-].[Pd+2]. The van der Waals surface area contributed by atoms with Crippen molar-refractivity contribution in [1.82, 2.24) is 0 Å². The van der Waals surface area contributed by atoms with E-state index in [0.29, 0.717) is 0 Å². The summed E-state index contributed by atoms with van der Waals surface area (Å²) in [6.07, 6.45) is 23.9. The first-order chi connectivity index (χ1) is 21.7. The molecule has 0 radical (unpaired) electrons. The van der Waals surface area contributed by atoms with Crippen molar-refractivity contribution in [3.8, 4) is 23.7 Å². The molecule has 0 bridgehead atoms. The van der Waals surface area contributed by atoms with Crippen LogP contribution in [0.2, 0.25) is 0 Å². The number of aryl methyl sites for hydroxylation is 2. The van der Waals surface area contributed by atoms with Crippen LogP contribution >= 0.6 is 0 Å². The standard InChI is InChI=1S/C42H56N2.2CH3.Pd/c1-4-7-9-11-13-15-17-19-21-23-29-37-31-25-27-33-39(37)41-35-36(6-3)42(44(41)43)40-34-28-26-32-38(40)30-24-22-20-18-16-14-12-10-8-5-2;;;/h25-28,31-35H,4-16,21-24,29-30H2,1-3H3;2*1H3;/q;2*-1;+2. The van der Waals surface area contributed by atoms with Crippen LogP contribution in [-0.2, 0) is 33.3 Å². The largest absolute Gasteiger partial charge is 2.00 e. The van der Waals surface area contributed by atoms with E-state index >= 15 is 0 Å². The van der Waals surface area contributed by atoms with E-state index in [1.165, 1.54) is 85.6 Å². The Balaban J connectivity index is 0.00000705. The summed E-state index contributed by atoms with van der Waals surface area (Å²) in [6, 6.07) is 17.1. The molecule has 1 heterocycles. The molecule has 1 aliphatic heterocycles. The van der Waals surface area contributed by atoms with Gasteiger partial charge in [-0.2, -0.15) is 0 Å². The molecule has 0 saturated heterocycles. The third-order valence-corrected chi connectivity index (χ3v) is 8.56. The number of benzene rings is 2. The minimum atomic E-state index is 0. The first-order valence-electron chi connectivity index (χ1n) is 17.7. The molecule has 0 N–H and O–H groups in total. The summed E-state index contributed by atoms with van der Waals surface area (Å²) >= 11 is 0. The zero-order valence-corrected chi connectivity index (χ0v) is 31.9. The Morgan fingerprint density at radius 2 is 0.979 bits per heavy atom. The second kappa shape index (κ2) is 27.3. The summed E-state index contributed by atoms with van der Waals surface area (Å²) in [7, 11) is 0. The van der Waals surface area contributed by atoms with E-state index in [2.05, 4.69) is 99.1 Å². The van der Waals surface area contributed by atoms with E-state index in [0.717, 1.165) is 80.3 Å². The van der Waals surface area contributed by atoms with Crippen molar-refractivity contribution >= 4 is 11.4 Å². The van der Waals surface area contributed by atoms with Gasteiger partial charge < -0.3 is 20.4 Å². The number of nitrogens with zero attached hydrogens (tertiary/aromatic N) is 2. The van der Waals surface area contributed by atoms with E-state index in [-0.39, 0.29) is 35.3 Å². The maximum Gasteiger partial charge on any atom is 2.00 e. The zero-order valence-electron chi connectivity index (χ0n) is 30.3. The van der Waals surface area contributed by atoms with Gasteiger partial charge in [0.1, 0.15) is 0 Å². The first-order valence-corrected chi connectivity index (χ1v) is 17.7. The number of hydrogen-bond acceptors (Lipinski definition) is 0.